The molecule has 0 aromatic carbocycles. The first-order chi connectivity index (χ1) is 13.4. The Balaban J connectivity index is 1.87. The summed E-state index contributed by atoms with van der Waals surface area (Å²) in [6.07, 6.45) is 8.58. The van der Waals surface area contributed by atoms with E-state index in [4.69, 9.17) is 28.2 Å². The lowest BCUT2D eigenvalue weighted by Crippen LogP contribution is -2.19. The zero-order chi connectivity index (χ0) is 19.8. The van der Waals surface area contributed by atoms with Gasteiger partial charge in [-0.25, -0.2) is 9.97 Å². The molecule has 0 aliphatic heterocycles. The van der Waals surface area contributed by atoms with Crippen molar-refractivity contribution < 1.29 is 0 Å². The van der Waals surface area contributed by atoms with Crippen molar-refractivity contribution in [2.75, 3.05) is 0 Å². The summed E-state index contributed by atoms with van der Waals surface area (Å²) in [5.74, 6) is 2.92. The molecule has 1 aliphatic rings. The molecule has 1 aliphatic carbocycles. The molecule has 4 rings (SSSR count). The predicted octanol–water partition coefficient (Wildman–Crippen LogP) is 6.75. The Morgan fingerprint density at radius 2 is 1.82 bits per heavy atom. The van der Waals surface area contributed by atoms with Crippen LogP contribution < -0.4 is 0 Å². The van der Waals surface area contributed by atoms with Crippen molar-refractivity contribution in [3.05, 3.63) is 40.5 Å². The summed E-state index contributed by atoms with van der Waals surface area (Å²) >= 11 is 12.6. The number of pyridine rings is 2. The minimum Gasteiger partial charge on any atom is -0.326 e. The van der Waals surface area contributed by atoms with Gasteiger partial charge in [0.15, 0.2) is 0 Å². The highest BCUT2D eigenvalue weighted by atomic mass is 35.5. The second kappa shape index (κ2) is 8.00. The fourth-order valence-electron chi connectivity index (χ4n) is 4.28. The maximum absolute atomic E-state index is 6.35. The summed E-state index contributed by atoms with van der Waals surface area (Å²) in [7, 11) is 0. The molecule has 3 aromatic rings. The van der Waals surface area contributed by atoms with Crippen LogP contribution in [-0.4, -0.2) is 19.5 Å². The number of halogens is 2. The minimum atomic E-state index is 0.319. The third kappa shape index (κ3) is 3.90. The van der Waals surface area contributed by atoms with Gasteiger partial charge in [0.1, 0.15) is 11.0 Å². The first kappa shape index (κ1) is 19.7. The van der Waals surface area contributed by atoms with E-state index in [2.05, 4.69) is 35.3 Å². The van der Waals surface area contributed by atoms with Crippen LogP contribution in [0.1, 0.15) is 58.2 Å². The molecule has 0 spiro atoms. The van der Waals surface area contributed by atoms with Crippen LogP contribution in [0.3, 0.4) is 0 Å². The molecule has 0 radical (unpaired) electrons. The van der Waals surface area contributed by atoms with Crippen molar-refractivity contribution in [1.82, 2.24) is 19.5 Å². The fourth-order valence-corrected chi connectivity index (χ4v) is 4.64. The third-order valence-corrected chi connectivity index (χ3v) is 6.19. The van der Waals surface area contributed by atoms with Crippen molar-refractivity contribution in [3.8, 4) is 11.3 Å². The normalized spacial score (nSPS) is 20.2. The average molecular weight is 417 g/mol. The molecule has 0 unspecified atom stereocenters. The van der Waals surface area contributed by atoms with E-state index in [9.17, 15) is 0 Å². The molecule has 28 heavy (non-hydrogen) atoms. The van der Waals surface area contributed by atoms with Gasteiger partial charge in [0.05, 0.1) is 21.7 Å². The predicted molar refractivity (Wildman–Crippen MR) is 116 cm³/mol. The highest BCUT2D eigenvalue weighted by Crippen LogP contribution is 2.35. The number of imidazole rings is 1. The number of rotatable bonds is 4. The van der Waals surface area contributed by atoms with Gasteiger partial charge in [0.25, 0.3) is 0 Å². The van der Waals surface area contributed by atoms with Gasteiger partial charge in [0.2, 0.25) is 0 Å². The van der Waals surface area contributed by atoms with Crippen LogP contribution in [0, 0.1) is 11.8 Å². The summed E-state index contributed by atoms with van der Waals surface area (Å²) in [4.78, 5) is 13.9. The van der Waals surface area contributed by atoms with Crippen molar-refractivity contribution in [2.24, 2.45) is 11.8 Å². The topological polar surface area (TPSA) is 43.6 Å². The number of hydrogen-bond acceptors (Lipinski definition) is 3. The highest BCUT2D eigenvalue weighted by molar-refractivity contribution is 6.31. The van der Waals surface area contributed by atoms with Crippen LogP contribution in [-0.2, 0) is 6.54 Å². The zero-order valence-corrected chi connectivity index (χ0v) is 18.1. The van der Waals surface area contributed by atoms with Crippen LogP contribution in [0.2, 0.25) is 10.2 Å². The molecular formula is C22H26Cl2N4. The number of fused-ring (bicyclic) bond motifs is 1. The largest absolute Gasteiger partial charge is 0.326 e. The molecule has 3 heterocycles. The van der Waals surface area contributed by atoms with Crippen LogP contribution >= 0.6 is 23.2 Å². The van der Waals surface area contributed by atoms with Crippen molar-refractivity contribution in [2.45, 2.75) is 58.9 Å². The van der Waals surface area contributed by atoms with Crippen molar-refractivity contribution >= 4 is 34.2 Å². The molecular weight excluding hydrogens is 391 g/mol. The Hall–Kier alpha value is -1.65. The first-order valence-electron chi connectivity index (χ1n) is 10.1. The van der Waals surface area contributed by atoms with E-state index in [1.54, 1.807) is 12.4 Å². The summed E-state index contributed by atoms with van der Waals surface area (Å²) in [6.45, 7) is 7.71. The fraction of sp³-hybridized carbons (Fsp3) is 0.500. The standard InChI is InChI=1S/C22H26Cl2N4/c1-13(2)22-26-18-9-19(24)27-20(16-8-17(23)11-25-10-16)21(18)28(22)12-15-6-4-14(3)5-7-15/h8-11,13-15H,4-7,12H2,1-3H3. The summed E-state index contributed by atoms with van der Waals surface area (Å²) in [6, 6.07) is 3.75. The van der Waals surface area contributed by atoms with Gasteiger partial charge in [-0.2, -0.15) is 0 Å². The molecule has 3 aromatic heterocycles. The Bertz CT molecular complexity index is 988. The highest BCUT2D eigenvalue weighted by Gasteiger charge is 2.24. The maximum Gasteiger partial charge on any atom is 0.132 e. The number of nitrogens with zero attached hydrogens (tertiary/aromatic N) is 4. The molecule has 1 fully saturated rings. The lowest BCUT2D eigenvalue weighted by molar-refractivity contribution is 0.264. The van der Waals surface area contributed by atoms with E-state index in [-0.39, 0.29) is 0 Å². The van der Waals surface area contributed by atoms with E-state index < -0.39 is 0 Å². The maximum atomic E-state index is 6.35. The van der Waals surface area contributed by atoms with Gasteiger partial charge in [-0.05, 0) is 30.7 Å². The number of hydrogen-bond donors (Lipinski definition) is 0. The van der Waals surface area contributed by atoms with E-state index >= 15 is 0 Å². The summed E-state index contributed by atoms with van der Waals surface area (Å²) in [5.41, 5.74) is 3.61. The Morgan fingerprint density at radius 3 is 2.50 bits per heavy atom. The smallest absolute Gasteiger partial charge is 0.132 e. The first-order valence-corrected chi connectivity index (χ1v) is 10.9. The van der Waals surface area contributed by atoms with Crippen molar-refractivity contribution in [1.29, 1.82) is 0 Å². The molecule has 148 valence electrons. The van der Waals surface area contributed by atoms with E-state index in [1.165, 1.54) is 25.7 Å². The minimum absolute atomic E-state index is 0.319. The Labute approximate surface area is 176 Å². The lowest BCUT2D eigenvalue weighted by Gasteiger charge is -2.27. The van der Waals surface area contributed by atoms with Crippen LogP contribution in [0.25, 0.3) is 22.3 Å². The van der Waals surface area contributed by atoms with Crippen LogP contribution in [0.15, 0.2) is 24.5 Å². The number of aromatic nitrogens is 4. The zero-order valence-electron chi connectivity index (χ0n) is 16.6. The quantitative estimate of drug-likeness (QED) is 0.441. The SMILES string of the molecule is CC1CCC(Cn2c(C(C)C)nc3cc(Cl)nc(-c4cncc(Cl)c4)c32)CC1. The Morgan fingerprint density at radius 1 is 1.07 bits per heavy atom. The molecule has 0 N–H and O–H groups in total. The van der Waals surface area contributed by atoms with E-state index in [0.717, 1.165) is 40.6 Å². The third-order valence-electron chi connectivity index (χ3n) is 5.79. The summed E-state index contributed by atoms with van der Waals surface area (Å²) in [5, 5.41) is 1.03. The Kier molecular flexibility index (Phi) is 5.62. The van der Waals surface area contributed by atoms with Gasteiger partial charge in [-0.15, -0.1) is 0 Å². The second-order valence-electron chi connectivity index (χ2n) is 8.41. The lowest BCUT2D eigenvalue weighted by atomic mass is 9.83. The molecule has 4 nitrogen and oxygen atoms in total. The van der Waals surface area contributed by atoms with Crippen LogP contribution in [0.4, 0.5) is 0 Å². The van der Waals surface area contributed by atoms with E-state index in [0.29, 0.717) is 22.0 Å². The van der Waals surface area contributed by atoms with E-state index in [1.807, 2.05) is 12.1 Å². The molecule has 0 atom stereocenters. The molecule has 1 saturated carbocycles. The van der Waals surface area contributed by atoms with Gasteiger partial charge in [0, 0.05) is 36.5 Å². The average Bonchev–Trinajstić information content (AvgIpc) is 3.01. The monoisotopic (exact) mass is 416 g/mol. The van der Waals surface area contributed by atoms with Gasteiger partial charge < -0.3 is 4.57 Å². The summed E-state index contributed by atoms with van der Waals surface area (Å²) < 4.78 is 2.38. The van der Waals surface area contributed by atoms with Gasteiger partial charge >= 0.3 is 0 Å². The van der Waals surface area contributed by atoms with Crippen LogP contribution in [0.5, 0.6) is 0 Å². The molecule has 0 saturated heterocycles. The molecule has 0 bridgehead atoms. The van der Waals surface area contributed by atoms with Crippen molar-refractivity contribution in [3.63, 3.8) is 0 Å². The molecule has 0 amide bonds. The molecule has 6 heteroatoms. The second-order valence-corrected chi connectivity index (χ2v) is 9.24. The van der Waals surface area contributed by atoms with Gasteiger partial charge in [-0.1, -0.05) is 56.8 Å². The van der Waals surface area contributed by atoms with Gasteiger partial charge in [-0.3, -0.25) is 4.98 Å².